The molecule has 19 heavy (non-hydrogen) atoms. The number of hydrogen-bond donors (Lipinski definition) is 2. The monoisotopic (exact) mass is 262 g/mol. The molecule has 0 bridgehead atoms. The zero-order valence-corrected chi connectivity index (χ0v) is 12.5. The van der Waals surface area contributed by atoms with E-state index in [4.69, 9.17) is 0 Å². The summed E-state index contributed by atoms with van der Waals surface area (Å²) in [5.74, 6) is 0.0198. The molecule has 1 aromatic carbocycles. The Kier molecular flexibility index (Phi) is 6.57. The lowest BCUT2D eigenvalue weighted by atomic mass is 10.0. The van der Waals surface area contributed by atoms with Crippen LogP contribution in [0.4, 0.5) is 0 Å². The van der Waals surface area contributed by atoms with E-state index in [9.17, 15) is 4.79 Å². The van der Waals surface area contributed by atoms with E-state index < -0.39 is 0 Å². The molecular weight excluding hydrogens is 236 g/mol. The van der Waals surface area contributed by atoms with Crippen molar-refractivity contribution in [3.05, 3.63) is 35.4 Å². The first kappa shape index (κ1) is 15.7. The van der Waals surface area contributed by atoms with Crippen molar-refractivity contribution in [1.82, 2.24) is 10.6 Å². The topological polar surface area (TPSA) is 41.1 Å². The molecule has 1 amide bonds. The molecule has 0 aromatic heterocycles. The van der Waals surface area contributed by atoms with Gasteiger partial charge in [0.25, 0.3) is 0 Å². The second kappa shape index (κ2) is 7.95. The molecule has 0 saturated carbocycles. The number of carbonyl (C=O) groups excluding carboxylic acids is 1. The normalized spacial score (nSPS) is 13.9. The molecule has 106 valence electrons. The van der Waals surface area contributed by atoms with Crippen molar-refractivity contribution in [2.45, 2.75) is 52.1 Å². The molecule has 0 spiro atoms. The number of benzene rings is 1. The number of carbonyl (C=O) groups is 1. The summed E-state index contributed by atoms with van der Waals surface area (Å²) < 4.78 is 0. The molecule has 0 fully saturated rings. The third-order valence-corrected chi connectivity index (χ3v) is 3.44. The van der Waals surface area contributed by atoms with E-state index in [0.29, 0.717) is 0 Å². The van der Waals surface area contributed by atoms with Crippen LogP contribution in [0.3, 0.4) is 0 Å². The van der Waals surface area contributed by atoms with Crippen LogP contribution in [0, 0.1) is 0 Å². The minimum Gasteiger partial charge on any atom is -0.358 e. The van der Waals surface area contributed by atoms with Crippen molar-refractivity contribution < 1.29 is 4.79 Å². The SMILES string of the molecule is CCCCc1ccc(C(C)NC(C)C(=O)NC)cc1. The summed E-state index contributed by atoms with van der Waals surface area (Å²) in [5.41, 5.74) is 2.60. The van der Waals surface area contributed by atoms with Crippen LogP contribution in [-0.2, 0) is 11.2 Å². The summed E-state index contributed by atoms with van der Waals surface area (Å²) in [7, 11) is 1.66. The number of rotatable bonds is 7. The van der Waals surface area contributed by atoms with Crippen molar-refractivity contribution in [1.29, 1.82) is 0 Å². The van der Waals surface area contributed by atoms with Gasteiger partial charge in [-0.25, -0.2) is 0 Å². The van der Waals surface area contributed by atoms with E-state index in [1.165, 1.54) is 24.0 Å². The molecule has 0 aliphatic heterocycles. The van der Waals surface area contributed by atoms with E-state index >= 15 is 0 Å². The van der Waals surface area contributed by atoms with Crippen LogP contribution < -0.4 is 10.6 Å². The number of aryl methyl sites for hydroxylation is 1. The van der Waals surface area contributed by atoms with Crippen LogP contribution in [0.15, 0.2) is 24.3 Å². The van der Waals surface area contributed by atoms with Crippen molar-refractivity contribution in [3.63, 3.8) is 0 Å². The molecule has 0 aliphatic carbocycles. The predicted molar refractivity (Wildman–Crippen MR) is 80.1 cm³/mol. The standard InChI is InChI=1S/C16H26N2O/c1-5-6-7-14-8-10-15(11-9-14)12(2)18-13(3)16(19)17-4/h8-13,18H,5-7H2,1-4H3,(H,17,19). The Hall–Kier alpha value is -1.35. The lowest BCUT2D eigenvalue weighted by molar-refractivity contribution is -0.122. The molecule has 0 radical (unpaired) electrons. The third kappa shape index (κ3) is 5.03. The Labute approximate surface area is 116 Å². The van der Waals surface area contributed by atoms with E-state index in [2.05, 4.69) is 48.7 Å². The summed E-state index contributed by atoms with van der Waals surface area (Å²) in [6.07, 6.45) is 3.61. The van der Waals surface area contributed by atoms with Gasteiger partial charge in [-0.3, -0.25) is 10.1 Å². The average molecular weight is 262 g/mol. The zero-order valence-electron chi connectivity index (χ0n) is 12.5. The first-order chi connectivity index (χ1) is 9.08. The smallest absolute Gasteiger partial charge is 0.236 e. The van der Waals surface area contributed by atoms with E-state index in [-0.39, 0.29) is 18.0 Å². The molecule has 2 atom stereocenters. The maximum Gasteiger partial charge on any atom is 0.236 e. The van der Waals surface area contributed by atoms with Crippen molar-refractivity contribution in [2.24, 2.45) is 0 Å². The summed E-state index contributed by atoms with van der Waals surface area (Å²) in [4.78, 5) is 11.5. The summed E-state index contributed by atoms with van der Waals surface area (Å²) in [6.45, 7) is 6.17. The quantitative estimate of drug-likeness (QED) is 0.793. The molecule has 2 unspecified atom stereocenters. The maximum absolute atomic E-state index is 11.5. The van der Waals surface area contributed by atoms with Crippen molar-refractivity contribution in [3.8, 4) is 0 Å². The van der Waals surface area contributed by atoms with Crippen molar-refractivity contribution >= 4 is 5.91 Å². The van der Waals surface area contributed by atoms with Gasteiger partial charge in [-0.2, -0.15) is 0 Å². The van der Waals surface area contributed by atoms with Gasteiger partial charge < -0.3 is 5.32 Å². The van der Waals surface area contributed by atoms with Crippen LogP contribution in [-0.4, -0.2) is 19.0 Å². The fraction of sp³-hybridized carbons (Fsp3) is 0.562. The molecule has 3 heteroatoms. The first-order valence-electron chi connectivity index (χ1n) is 7.15. The Morgan fingerprint density at radius 1 is 1.21 bits per heavy atom. The molecule has 3 nitrogen and oxygen atoms in total. The fourth-order valence-corrected chi connectivity index (χ4v) is 2.12. The van der Waals surface area contributed by atoms with Gasteiger partial charge in [-0.05, 0) is 37.8 Å². The second-order valence-corrected chi connectivity index (χ2v) is 5.07. The highest BCUT2D eigenvalue weighted by Gasteiger charge is 2.14. The van der Waals surface area contributed by atoms with E-state index in [0.717, 1.165) is 6.42 Å². The lowest BCUT2D eigenvalue weighted by Gasteiger charge is -2.19. The third-order valence-electron chi connectivity index (χ3n) is 3.44. The van der Waals surface area contributed by atoms with E-state index in [1.54, 1.807) is 7.05 Å². The van der Waals surface area contributed by atoms with Gasteiger partial charge in [0.1, 0.15) is 0 Å². The van der Waals surface area contributed by atoms with Gasteiger partial charge in [0.15, 0.2) is 0 Å². The second-order valence-electron chi connectivity index (χ2n) is 5.07. The van der Waals surface area contributed by atoms with Crippen LogP contribution >= 0.6 is 0 Å². The highest BCUT2D eigenvalue weighted by molar-refractivity contribution is 5.80. The number of nitrogens with one attached hydrogen (secondary N) is 2. The summed E-state index contributed by atoms with van der Waals surface area (Å²) in [6, 6.07) is 8.67. The Bertz CT molecular complexity index is 386. The van der Waals surface area contributed by atoms with Crippen LogP contribution in [0.1, 0.15) is 50.8 Å². The van der Waals surface area contributed by atoms with Crippen LogP contribution in [0.25, 0.3) is 0 Å². The fourth-order valence-electron chi connectivity index (χ4n) is 2.12. The highest BCUT2D eigenvalue weighted by Crippen LogP contribution is 2.15. The highest BCUT2D eigenvalue weighted by atomic mass is 16.2. The minimum atomic E-state index is -0.181. The molecule has 1 aromatic rings. The average Bonchev–Trinajstić information content (AvgIpc) is 2.44. The van der Waals surface area contributed by atoms with E-state index in [1.807, 2.05) is 6.92 Å². The lowest BCUT2D eigenvalue weighted by Crippen LogP contribution is -2.41. The van der Waals surface area contributed by atoms with Crippen molar-refractivity contribution in [2.75, 3.05) is 7.05 Å². The number of likely N-dealkylation sites (N-methyl/N-ethyl adjacent to an activating group) is 1. The number of hydrogen-bond acceptors (Lipinski definition) is 2. The number of unbranched alkanes of at least 4 members (excludes halogenated alkanes) is 1. The van der Waals surface area contributed by atoms with Gasteiger partial charge in [-0.1, -0.05) is 37.6 Å². The Morgan fingerprint density at radius 3 is 2.37 bits per heavy atom. The minimum absolute atomic E-state index is 0.0198. The van der Waals surface area contributed by atoms with Gasteiger partial charge in [0, 0.05) is 13.1 Å². The zero-order chi connectivity index (χ0) is 14.3. The predicted octanol–water partition coefficient (Wildman–Crippen LogP) is 2.81. The number of amides is 1. The first-order valence-corrected chi connectivity index (χ1v) is 7.15. The Morgan fingerprint density at radius 2 is 1.84 bits per heavy atom. The molecular formula is C16H26N2O. The van der Waals surface area contributed by atoms with Gasteiger partial charge in [0.2, 0.25) is 5.91 Å². The molecule has 1 rings (SSSR count). The van der Waals surface area contributed by atoms with Gasteiger partial charge in [-0.15, -0.1) is 0 Å². The summed E-state index contributed by atoms with van der Waals surface area (Å²) in [5, 5.41) is 5.95. The van der Waals surface area contributed by atoms with Gasteiger partial charge >= 0.3 is 0 Å². The van der Waals surface area contributed by atoms with Gasteiger partial charge in [0.05, 0.1) is 6.04 Å². The van der Waals surface area contributed by atoms with Crippen LogP contribution in [0.5, 0.6) is 0 Å². The van der Waals surface area contributed by atoms with Crippen LogP contribution in [0.2, 0.25) is 0 Å². The molecule has 0 heterocycles. The maximum atomic E-state index is 11.5. The Balaban J connectivity index is 2.57. The summed E-state index contributed by atoms with van der Waals surface area (Å²) >= 11 is 0. The molecule has 0 aliphatic rings. The molecule has 2 N–H and O–H groups in total. The largest absolute Gasteiger partial charge is 0.358 e. The molecule has 0 saturated heterocycles.